The van der Waals surface area contributed by atoms with Gasteiger partial charge in [-0.15, -0.1) is 15.3 Å². The number of phenolic OH excluding ortho intramolecular Hbond substituents is 2. The maximum atomic E-state index is 13.8. The third-order valence-electron chi connectivity index (χ3n) is 7.02. The third-order valence-corrected chi connectivity index (χ3v) is 10.9. The molecule has 1 aromatic heterocycles. The van der Waals surface area contributed by atoms with Gasteiger partial charge in [0.05, 0.1) is 23.4 Å². The Kier molecular flexibility index (Phi) is 11.0. The van der Waals surface area contributed by atoms with E-state index in [-0.39, 0.29) is 17.4 Å². The Hall–Kier alpha value is -5.59. The standard InChI is InChI=1S/C27H18ClF2N7O15S4/c1-52-23-14(4-5-15(24(23)56(49,50)51)31-26-20(28)25(29)32-27(30)33-26)36-34-11-2-3-13(16(38)8-11)35-37-21-18(55(46,47)48)7-10-6-12(53(40,41)42)9-17(54(43,44)45)19(10)22(21)39/h2-9,38-39H,1H3,(H,31,32,33)(H,40,41,42)(H,43,44,45)(H,46,47,48)(H,49,50,51). The number of benzene rings is 4. The number of aromatic nitrogens is 2. The van der Waals surface area contributed by atoms with Gasteiger partial charge in [0.25, 0.3) is 40.5 Å². The van der Waals surface area contributed by atoms with Gasteiger partial charge in [-0.1, -0.05) is 11.6 Å². The summed E-state index contributed by atoms with van der Waals surface area (Å²) in [6, 6.07) is 6.19. The van der Waals surface area contributed by atoms with Crippen LogP contribution in [0.4, 0.5) is 43.0 Å². The number of phenols is 2. The maximum Gasteiger partial charge on any atom is 0.313 e. The van der Waals surface area contributed by atoms with Crippen molar-refractivity contribution in [2.24, 2.45) is 20.5 Å². The zero-order valence-corrected chi connectivity index (χ0v) is 30.9. The van der Waals surface area contributed by atoms with Crippen LogP contribution in [0.3, 0.4) is 0 Å². The first kappa shape index (κ1) is 41.6. The first-order chi connectivity index (χ1) is 25.8. The summed E-state index contributed by atoms with van der Waals surface area (Å²) in [6.07, 6.45) is -1.57. The van der Waals surface area contributed by atoms with E-state index >= 15 is 0 Å². The van der Waals surface area contributed by atoms with Gasteiger partial charge in [0.15, 0.2) is 22.2 Å². The number of aromatic hydroxyl groups is 2. The van der Waals surface area contributed by atoms with Gasteiger partial charge in [-0.25, -0.2) is 0 Å². The summed E-state index contributed by atoms with van der Waals surface area (Å²) in [5.74, 6) is -5.03. The predicted molar refractivity (Wildman–Crippen MR) is 185 cm³/mol. The van der Waals surface area contributed by atoms with E-state index in [0.29, 0.717) is 12.1 Å². The van der Waals surface area contributed by atoms with Crippen molar-refractivity contribution in [1.29, 1.82) is 0 Å². The van der Waals surface area contributed by atoms with E-state index < -0.39 is 128 Å². The minimum Gasteiger partial charge on any atom is -0.506 e. The summed E-state index contributed by atoms with van der Waals surface area (Å²) in [7, 11) is -20.2. The highest BCUT2D eigenvalue weighted by atomic mass is 35.5. The predicted octanol–water partition coefficient (Wildman–Crippen LogP) is 5.54. The van der Waals surface area contributed by atoms with Crippen LogP contribution in [0.1, 0.15) is 0 Å². The smallest absolute Gasteiger partial charge is 0.313 e. The van der Waals surface area contributed by atoms with Crippen molar-refractivity contribution in [1.82, 2.24) is 9.97 Å². The number of nitrogens with one attached hydrogen (secondary N) is 1. The molecule has 0 unspecified atom stereocenters. The molecule has 0 saturated heterocycles. The molecule has 1 heterocycles. The van der Waals surface area contributed by atoms with Crippen LogP contribution >= 0.6 is 11.6 Å². The molecule has 0 aliphatic rings. The van der Waals surface area contributed by atoms with E-state index in [4.69, 9.17) is 16.3 Å². The number of azo groups is 2. The number of halogens is 3. The highest BCUT2D eigenvalue weighted by molar-refractivity contribution is 7.87. The van der Waals surface area contributed by atoms with Gasteiger partial charge in [0.2, 0.25) is 5.95 Å². The molecule has 0 amide bonds. The van der Waals surface area contributed by atoms with Crippen LogP contribution in [0.2, 0.25) is 5.02 Å². The minimum atomic E-state index is -5.40. The fourth-order valence-corrected chi connectivity index (χ4v) is 7.70. The maximum absolute atomic E-state index is 13.8. The molecule has 0 radical (unpaired) electrons. The van der Waals surface area contributed by atoms with Crippen LogP contribution < -0.4 is 10.1 Å². The van der Waals surface area contributed by atoms with E-state index in [0.717, 1.165) is 37.4 Å². The van der Waals surface area contributed by atoms with E-state index in [1.807, 2.05) is 0 Å². The number of methoxy groups -OCH3 is 1. The lowest BCUT2D eigenvalue weighted by atomic mass is 10.1. The minimum absolute atomic E-state index is 0.197. The van der Waals surface area contributed by atoms with Crippen molar-refractivity contribution in [3.05, 3.63) is 65.6 Å². The zero-order chi connectivity index (χ0) is 41.7. The molecule has 0 fully saturated rings. The largest absolute Gasteiger partial charge is 0.506 e. The first-order valence-corrected chi connectivity index (χ1v) is 20.2. The SMILES string of the molecule is COc1c(N=Nc2ccc(N=Nc3c(S(=O)(=O)O)cc4cc(S(=O)(=O)O)cc(S(=O)(=O)O)c4c3O)c(O)c2)ccc(Nc2nc(F)nc(F)c2Cl)c1S(=O)(=O)O. The van der Waals surface area contributed by atoms with Crippen molar-refractivity contribution >= 4 is 97.1 Å². The average molecular weight is 882 g/mol. The Labute approximate surface area is 316 Å². The second kappa shape index (κ2) is 14.8. The molecule has 5 rings (SSSR count). The highest BCUT2D eigenvalue weighted by Crippen LogP contribution is 2.46. The zero-order valence-electron chi connectivity index (χ0n) is 26.9. The topological polar surface area (TPSA) is 354 Å². The Morgan fingerprint density at radius 2 is 1.36 bits per heavy atom. The number of hydrogen-bond donors (Lipinski definition) is 7. The molecule has 0 bridgehead atoms. The number of hydrogen-bond acceptors (Lipinski definition) is 18. The monoisotopic (exact) mass is 881 g/mol. The van der Waals surface area contributed by atoms with Crippen LogP contribution in [0.5, 0.6) is 17.2 Å². The summed E-state index contributed by atoms with van der Waals surface area (Å²) < 4.78 is 168. The van der Waals surface area contributed by atoms with Gasteiger partial charge in [0.1, 0.15) is 37.6 Å². The Morgan fingerprint density at radius 1 is 0.732 bits per heavy atom. The molecule has 5 aromatic rings. The van der Waals surface area contributed by atoms with E-state index in [1.54, 1.807) is 0 Å². The van der Waals surface area contributed by atoms with Crippen LogP contribution in [0, 0.1) is 12.0 Å². The van der Waals surface area contributed by atoms with Crippen LogP contribution in [0.15, 0.2) is 88.6 Å². The Balaban J connectivity index is 1.55. The molecule has 22 nitrogen and oxygen atoms in total. The quantitative estimate of drug-likeness (QED) is 0.0370. The van der Waals surface area contributed by atoms with Crippen LogP contribution in [0.25, 0.3) is 10.8 Å². The normalized spacial score (nSPS) is 12.9. The first-order valence-electron chi connectivity index (χ1n) is 14.1. The average Bonchev–Trinajstić information content (AvgIpc) is 3.07. The second-order valence-electron chi connectivity index (χ2n) is 10.6. The number of anilines is 2. The lowest BCUT2D eigenvalue weighted by Crippen LogP contribution is -2.08. The molecular weight excluding hydrogens is 864 g/mol. The van der Waals surface area contributed by atoms with Crippen molar-refractivity contribution in [3.8, 4) is 17.2 Å². The summed E-state index contributed by atoms with van der Waals surface area (Å²) in [5, 5.41) is 36.0. The Morgan fingerprint density at radius 3 is 1.93 bits per heavy atom. The number of nitrogens with zero attached hydrogens (tertiary/aromatic N) is 6. The van der Waals surface area contributed by atoms with Crippen LogP contribution in [-0.4, -0.2) is 79.2 Å². The summed E-state index contributed by atoms with van der Waals surface area (Å²) in [5.41, 5.74) is -2.78. The lowest BCUT2D eigenvalue weighted by molar-refractivity contribution is 0.399. The number of rotatable bonds is 11. The molecule has 0 aliphatic heterocycles. The van der Waals surface area contributed by atoms with Gasteiger partial charge in [-0.3, -0.25) is 18.2 Å². The molecular formula is C27H18ClF2N7O15S4. The second-order valence-corrected chi connectivity index (χ2v) is 16.6. The third kappa shape index (κ3) is 8.61. The molecule has 0 saturated carbocycles. The number of fused-ring (bicyclic) bond motifs is 1. The fraction of sp³-hybridized carbons (Fsp3) is 0.0370. The van der Waals surface area contributed by atoms with Crippen molar-refractivity contribution < 1.29 is 75.6 Å². The van der Waals surface area contributed by atoms with E-state index in [9.17, 15) is 70.9 Å². The lowest BCUT2D eigenvalue weighted by Gasteiger charge is -2.15. The van der Waals surface area contributed by atoms with Gasteiger partial charge in [0, 0.05) is 11.5 Å². The molecule has 0 atom stereocenters. The molecule has 0 aliphatic carbocycles. The molecule has 7 N–H and O–H groups in total. The molecule has 4 aromatic carbocycles. The van der Waals surface area contributed by atoms with E-state index in [1.165, 1.54) is 0 Å². The molecule has 296 valence electrons. The van der Waals surface area contributed by atoms with Crippen molar-refractivity contribution in [3.63, 3.8) is 0 Å². The van der Waals surface area contributed by atoms with Gasteiger partial charge in [-0.2, -0.15) is 57.5 Å². The highest BCUT2D eigenvalue weighted by Gasteiger charge is 2.29. The van der Waals surface area contributed by atoms with Gasteiger partial charge < -0.3 is 20.3 Å². The van der Waals surface area contributed by atoms with Crippen LogP contribution in [-0.2, 0) is 40.5 Å². The molecule has 29 heteroatoms. The molecule has 0 spiro atoms. The summed E-state index contributed by atoms with van der Waals surface area (Å²) >= 11 is 5.73. The van der Waals surface area contributed by atoms with Gasteiger partial charge in [-0.05, 0) is 47.9 Å². The van der Waals surface area contributed by atoms with Crippen molar-refractivity contribution in [2.45, 2.75) is 19.6 Å². The number of ether oxygens (including phenoxy) is 1. The van der Waals surface area contributed by atoms with Gasteiger partial charge >= 0.3 is 6.08 Å². The molecule has 56 heavy (non-hydrogen) atoms. The fourth-order valence-electron chi connectivity index (χ4n) is 4.73. The summed E-state index contributed by atoms with van der Waals surface area (Å²) in [4.78, 5) is 1.25. The van der Waals surface area contributed by atoms with E-state index in [2.05, 4.69) is 35.7 Å². The van der Waals surface area contributed by atoms with Crippen molar-refractivity contribution in [2.75, 3.05) is 12.4 Å². The summed E-state index contributed by atoms with van der Waals surface area (Å²) in [6.45, 7) is 0. The Bertz CT molecular complexity index is 3010.